The van der Waals surface area contributed by atoms with Crippen LogP contribution in [0.5, 0.6) is 0 Å². The lowest BCUT2D eigenvalue weighted by molar-refractivity contribution is 0.0187. The van der Waals surface area contributed by atoms with E-state index in [9.17, 15) is 5.11 Å². The van der Waals surface area contributed by atoms with Gasteiger partial charge in [0.05, 0.1) is 6.10 Å². The molecule has 4 heteroatoms. The van der Waals surface area contributed by atoms with E-state index in [1.165, 1.54) is 11.1 Å². The maximum absolute atomic E-state index is 10.6. The highest BCUT2D eigenvalue weighted by Gasteiger charge is 2.27. The first-order valence-corrected chi connectivity index (χ1v) is 8.90. The summed E-state index contributed by atoms with van der Waals surface area (Å²) < 4.78 is 0. The van der Waals surface area contributed by atoms with Crippen LogP contribution in [0.1, 0.15) is 35.9 Å². The third kappa shape index (κ3) is 4.40. The summed E-state index contributed by atoms with van der Waals surface area (Å²) in [6.07, 6.45) is 6.42. The Hall–Kier alpha value is -1.78. The standard InChI is InChI=1S/C20H27N3O/c1-3-20-21-11-17(12-22-20)13-23-8-7-18(19(24)14-23)10-16-6-4-5-15(2)9-16/h4-6,9,11-12,18-19,24H,3,7-8,10,13-14H2,1-2H3/t18-,19+/m1/s1. The molecule has 0 amide bonds. The molecule has 1 N–H and O–H groups in total. The molecule has 0 unspecified atom stereocenters. The van der Waals surface area contributed by atoms with Crippen LogP contribution in [0.25, 0.3) is 0 Å². The predicted molar refractivity (Wildman–Crippen MR) is 95.7 cm³/mol. The Bertz CT molecular complexity index is 656. The molecule has 2 atom stereocenters. The maximum atomic E-state index is 10.6. The molecule has 4 nitrogen and oxygen atoms in total. The Morgan fingerprint density at radius 2 is 2.00 bits per heavy atom. The summed E-state index contributed by atoms with van der Waals surface area (Å²) >= 11 is 0. The first-order valence-electron chi connectivity index (χ1n) is 8.90. The Labute approximate surface area is 144 Å². The summed E-state index contributed by atoms with van der Waals surface area (Å²) in [5, 5.41) is 10.6. The van der Waals surface area contributed by atoms with E-state index < -0.39 is 0 Å². The molecular formula is C20H27N3O. The zero-order chi connectivity index (χ0) is 16.9. The fourth-order valence-electron chi connectivity index (χ4n) is 3.47. The second-order valence-electron chi connectivity index (χ2n) is 6.91. The van der Waals surface area contributed by atoms with E-state index in [1.807, 2.05) is 12.4 Å². The number of aryl methyl sites for hydroxylation is 2. The SMILES string of the molecule is CCc1ncc(CN2CC[C@H](Cc3cccc(C)c3)[C@@H](O)C2)cn1. The van der Waals surface area contributed by atoms with Gasteiger partial charge in [-0.2, -0.15) is 0 Å². The average molecular weight is 325 g/mol. The third-order valence-corrected chi connectivity index (χ3v) is 4.87. The normalized spacial score (nSPS) is 21.8. The van der Waals surface area contributed by atoms with Crippen molar-refractivity contribution in [2.75, 3.05) is 13.1 Å². The summed E-state index contributed by atoms with van der Waals surface area (Å²) in [6.45, 7) is 6.74. The topological polar surface area (TPSA) is 49.2 Å². The first-order chi connectivity index (χ1) is 11.6. The molecule has 0 radical (unpaired) electrons. The highest BCUT2D eigenvalue weighted by molar-refractivity contribution is 5.22. The zero-order valence-electron chi connectivity index (χ0n) is 14.7. The van der Waals surface area contributed by atoms with Gasteiger partial charge in [0.15, 0.2) is 0 Å². The highest BCUT2D eigenvalue weighted by Crippen LogP contribution is 2.23. The van der Waals surface area contributed by atoms with Gasteiger partial charge in [-0.25, -0.2) is 9.97 Å². The van der Waals surface area contributed by atoms with E-state index >= 15 is 0 Å². The summed E-state index contributed by atoms with van der Waals surface area (Å²) in [4.78, 5) is 11.0. The lowest BCUT2D eigenvalue weighted by atomic mass is 9.87. The van der Waals surface area contributed by atoms with E-state index in [2.05, 4.69) is 53.0 Å². The van der Waals surface area contributed by atoms with Gasteiger partial charge >= 0.3 is 0 Å². The number of rotatable bonds is 5. The van der Waals surface area contributed by atoms with Crippen LogP contribution in [-0.2, 0) is 19.4 Å². The lowest BCUT2D eigenvalue weighted by Crippen LogP contribution is -2.44. The number of nitrogens with zero attached hydrogens (tertiary/aromatic N) is 3. The highest BCUT2D eigenvalue weighted by atomic mass is 16.3. The molecule has 1 saturated heterocycles. The van der Waals surface area contributed by atoms with E-state index in [-0.39, 0.29) is 6.10 Å². The second kappa shape index (κ2) is 7.86. The minimum absolute atomic E-state index is 0.268. The fraction of sp³-hybridized carbons (Fsp3) is 0.500. The van der Waals surface area contributed by atoms with Gasteiger partial charge in [-0.1, -0.05) is 36.8 Å². The molecule has 1 aromatic carbocycles. The zero-order valence-corrected chi connectivity index (χ0v) is 14.7. The molecule has 2 aromatic rings. The molecule has 1 aliphatic heterocycles. The van der Waals surface area contributed by atoms with Crippen molar-refractivity contribution in [2.45, 2.75) is 45.8 Å². The molecule has 1 aromatic heterocycles. The van der Waals surface area contributed by atoms with Crippen LogP contribution >= 0.6 is 0 Å². The van der Waals surface area contributed by atoms with Gasteiger partial charge in [0.1, 0.15) is 5.82 Å². The van der Waals surface area contributed by atoms with Crippen LogP contribution in [0.2, 0.25) is 0 Å². The molecule has 128 valence electrons. The van der Waals surface area contributed by atoms with Gasteiger partial charge in [0.25, 0.3) is 0 Å². The molecule has 0 aliphatic carbocycles. The summed E-state index contributed by atoms with van der Waals surface area (Å²) in [5.41, 5.74) is 3.74. The maximum Gasteiger partial charge on any atom is 0.127 e. The van der Waals surface area contributed by atoms with Gasteiger partial charge in [0, 0.05) is 37.5 Å². The molecule has 3 rings (SSSR count). The smallest absolute Gasteiger partial charge is 0.127 e. The number of aromatic nitrogens is 2. The van der Waals surface area contributed by atoms with Crippen LogP contribution < -0.4 is 0 Å². The predicted octanol–water partition coefficient (Wildman–Crippen LogP) is 2.77. The van der Waals surface area contributed by atoms with Gasteiger partial charge in [-0.05, 0) is 37.8 Å². The molecule has 1 fully saturated rings. The number of benzene rings is 1. The van der Waals surface area contributed by atoms with Crippen molar-refractivity contribution in [3.05, 3.63) is 59.2 Å². The molecule has 0 spiro atoms. The van der Waals surface area contributed by atoms with Gasteiger partial charge in [0.2, 0.25) is 0 Å². The van der Waals surface area contributed by atoms with Crippen LogP contribution in [0.15, 0.2) is 36.7 Å². The Kier molecular flexibility index (Phi) is 5.59. The van der Waals surface area contributed by atoms with Crippen molar-refractivity contribution in [3.8, 4) is 0 Å². The molecule has 1 aliphatic rings. The number of β-amino-alcohol motifs (C(OH)–C–C–N with tert-alkyl or cyclic N) is 1. The van der Waals surface area contributed by atoms with Crippen LogP contribution in [-0.4, -0.2) is 39.2 Å². The molecule has 2 heterocycles. The van der Waals surface area contributed by atoms with Crippen LogP contribution in [0.4, 0.5) is 0 Å². The number of aliphatic hydroxyl groups excluding tert-OH is 1. The Morgan fingerprint density at radius 1 is 1.21 bits per heavy atom. The first kappa shape index (κ1) is 17.1. The number of hydrogen-bond donors (Lipinski definition) is 1. The molecular weight excluding hydrogens is 298 g/mol. The fourth-order valence-corrected chi connectivity index (χ4v) is 3.47. The molecule has 24 heavy (non-hydrogen) atoms. The quantitative estimate of drug-likeness (QED) is 0.918. The van der Waals surface area contributed by atoms with Crippen molar-refractivity contribution in [3.63, 3.8) is 0 Å². The summed E-state index contributed by atoms with van der Waals surface area (Å²) in [5.74, 6) is 1.23. The Balaban J connectivity index is 1.54. The van der Waals surface area contributed by atoms with Crippen molar-refractivity contribution in [2.24, 2.45) is 5.92 Å². The minimum atomic E-state index is -0.268. The van der Waals surface area contributed by atoms with Gasteiger partial charge < -0.3 is 5.11 Å². The van der Waals surface area contributed by atoms with Gasteiger partial charge in [-0.3, -0.25) is 4.90 Å². The number of likely N-dealkylation sites (tertiary alicyclic amines) is 1. The van der Waals surface area contributed by atoms with E-state index in [4.69, 9.17) is 0 Å². The largest absolute Gasteiger partial charge is 0.391 e. The Morgan fingerprint density at radius 3 is 2.67 bits per heavy atom. The third-order valence-electron chi connectivity index (χ3n) is 4.87. The van der Waals surface area contributed by atoms with Crippen molar-refractivity contribution in [1.82, 2.24) is 14.9 Å². The van der Waals surface area contributed by atoms with Crippen LogP contribution in [0.3, 0.4) is 0 Å². The number of piperidine rings is 1. The number of aliphatic hydroxyl groups is 1. The van der Waals surface area contributed by atoms with Crippen molar-refractivity contribution < 1.29 is 5.11 Å². The van der Waals surface area contributed by atoms with Crippen LogP contribution in [0, 0.1) is 12.8 Å². The average Bonchev–Trinajstić information content (AvgIpc) is 2.58. The monoisotopic (exact) mass is 325 g/mol. The van der Waals surface area contributed by atoms with E-state index in [1.54, 1.807) is 0 Å². The van der Waals surface area contributed by atoms with Crippen molar-refractivity contribution >= 4 is 0 Å². The second-order valence-corrected chi connectivity index (χ2v) is 6.91. The van der Waals surface area contributed by atoms with Crippen molar-refractivity contribution in [1.29, 1.82) is 0 Å². The minimum Gasteiger partial charge on any atom is -0.391 e. The van der Waals surface area contributed by atoms with Gasteiger partial charge in [-0.15, -0.1) is 0 Å². The lowest BCUT2D eigenvalue weighted by Gasteiger charge is -2.36. The summed E-state index contributed by atoms with van der Waals surface area (Å²) in [6, 6.07) is 8.62. The van der Waals surface area contributed by atoms with E-state index in [0.717, 1.165) is 50.3 Å². The molecule has 0 bridgehead atoms. The van der Waals surface area contributed by atoms with E-state index in [0.29, 0.717) is 5.92 Å². The summed E-state index contributed by atoms with van der Waals surface area (Å²) in [7, 11) is 0. The molecule has 0 saturated carbocycles. The number of hydrogen-bond acceptors (Lipinski definition) is 4.